The van der Waals surface area contributed by atoms with E-state index in [2.05, 4.69) is 27.7 Å². The van der Waals surface area contributed by atoms with E-state index in [0.29, 0.717) is 6.10 Å². The molecule has 2 heteroatoms. The summed E-state index contributed by atoms with van der Waals surface area (Å²) >= 11 is 0. The van der Waals surface area contributed by atoms with Gasteiger partial charge in [-0.3, -0.25) is 0 Å². The summed E-state index contributed by atoms with van der Waals surface area (Å²) in [6.07, 6.45) is 6.34. The van der Waals surface area contributed by atoms with Crippen LogP contribution in [0.3, 0.4) is 0 Å². The van der Waals surface area contributed by atoms with Gasteiger partial charge >= 0.3 is 0 Å². The Kier molecular flexibility index (Phi) is 11.3. The summed E-state index contributed by atoms with van der Waals surface area (Å²) in [6.45, 7) is 11.2. The molecule has 0 heterocycles. The molecular formula is C14H30O2. The number of hydrogen-bond donors (Lipinski definition) is 0. The molecule has 2 nitrogen and oxygen atoms in total. The standard InChI is InChI=1S/C14H30O2/c1-5-9-14(8-4)16-11-10-15-12-13(6-2)7-3/h13-14H,5-12H2,1-4H3. The van der Waals surface area contributed by atoms with Crippen LogP contribution in [0.2, 0.25) is 0 Å². The lowest BCUT2D eigenvalue weighted by Gasteiger charge is -2.16. The van der Waals surface area contributed by atoms with Crippen LogP contribution in [0.5, 0.6) is 0 Å². The monoisotopic (exact) mass is 230 g/mol. The largest absolute Gasteiger partial charge is 0.379 e. The highest BCUT2D eigenvalue weighted by Gasteiger charge is 2.05. The second kappa shape index (κ2) is 11.4. The van der Waals surface area contributed by atoms with Crippen LogP contribution in [0.25, 0.3) is 0 Å². The molecule has 1 unspecified atom stereocenters. The van der Waals surface area contributed by atoms with Gasteiger partial charge in [0, 0.05) is 6.61 Å². The molecular weight excluding hydrogens is 200 g/mol. The Morgan fingerprint density at radius 3 is 2.06 bits per heavy atom. The third kappa shape index (κ3) is 8.12. The zero-order valence-corrected chi connectivity index (χ0v) is 11.6. The minimum Gasteiger partial charge on any atom is -0.379 e. The molecule has 0 N–H and O–H groups in total. The summed E-state index contributed by atoms with van der Waals surface area (Å²) in [6, 6.07) is 0. The molecule has 0 fully saturated rings. The molecule has 1 atom stereocenters. The van der Waals surface area contributed by atoms with E-state index in [4.69, 9.17) is 9.47 Å². The highest BCUT2D eigenvalue weighted by atomic mass is 16.5. The van der Waals surface area contributed by atoms with E-state index in [1.165, 1.54) is 25.7 Å². The molecule has 0 radical (unpaired) electrons. The van der Waals surface area contributed by atoms with Crippen molar-refractivity contribution in [2.24, 2.45) is 5.92 Å². The number of ether oxygens (including phenoxy) is 2. The topological polar surface area (TPSA) is 18.5 Å². The Morgan fingerprint density at radius 2 is 1.56 bits per heavy atom. The van der Waals surface area contributed by atoms with E-state index in [1.807, 2.05) is 0 Å². The van der Waals surface area contributed by atoms with Gasteiger partial charge in [-0.1, -0.05) is 47.0 Å². The Hall–Kier alpha value is -0.0800. The van der Waals surface area contributed by atoms with Crippen LogP contribution in [0.4, 0.5) is 0 Å². The van der Waals surface area contributed by atoms with Gasteiger partial charge in [-0.05, 0) is 18.8 Å². The van der Waals surface area contributed by atoms with Gasteiger partial charge in [-0.25, -0.2) is 0 Å². The van der Waals surface area contributed by atoms with Gasteiger partial charge in [-0.2, -0.15) is 0 Å². The van der Waals surface area contributed by atoms with Gasteiger partial charge in [0.05, 0.1) is 19.3 Å². The van der Waals surface area contributed by atoms with E-state index in [0.717, 1.165) is 32.2 Å². The molecule has 0 rings (SSSR count). The maximum atomic E-state index is 5.76. The van der Waals surface area contributed by atoms with Crippen molar-refractivity contribution in [3.05, 3.63) is 0 Å². The average molecular weight is 230 g/mol. The van der Waals surface area contributed by atoms with Crippen molar-refractivity contribution in [2.45, 2.75) is 65.9 Å². The van der Waals surface area contributed by atoms with Crippen LogP contribution in [0, 0.1) is 5.92 Å². The second-order valence-corrected chi connectivity index (χ2v) is 4.45. The Labute approximate surface area is 102 Å². The van der Waals surface area contributed by atoms with Crippen molar-refractivity contribution < 1.29 is 9.47 Å². The first-order valence-electron chi connectivity index (χ1n) is 6.97. The van der Waals surface area contributed by atoms with E-state index in [9.17, 15) is 0 Å². The number of hydrogen-bond acceptors (Lipinski definition) is 2. The van der Waals surface area contributed by atoms with Crippen molar-refractivity contribution in [1.82, 2.24) is 0 Å². The zero-order chi connectivity index (χ0) is 12.2. The molecule has 16 heavy (non-hydrogen) atoms. The molecule has 0 spiro atoms. The lowest BCUT2D eigenvalue weighted by Crippen LogP contribution is -2.17. The Balaban J connectivity index is 3.37. The van der Waals surface area contributed by atoms with E-state index in [1.54, 1.807) is 0 Å². The quantitative estimate of drug-likeness (QED) is 0.499. The maximum Gasteiger partial charge on any atom is 0.0704 e. The van der Waals surface area contributed by atoms with Crippen molar-refractivity contribution in [3.8, 4) is 0 Å². The fourth-order valence-electron chi connectivity index (χ4n) is 1.78. The first-order valence-corrected chi connectivity index (χ1v) is 6.97. The van der Waals surface area contributed by atoms with Gasteiger partial charge in [0.25, 0.3) is 0 Å². The van der Waals surface area contributed by atoms with E-state index in [-0.39, 0.29) is 0 Å². The third-order valence-electron chi connectivity index (χ3n) is 3.16. The molecule has 0 aromatic carbocycles. The minimum absolute atomic E-state index is 0.432. The van der Waals surface area contributed by atoms with Gasteiger partial charge in [0.2, 0.25) is 0 Å². The molecule has 0 saturated heterocycles. The SMILES string of the molecule is CCCC(CC)OCCOCC(CC)CC. The zero-order valence-electron chi connectivity index (χ0n) is 11.6. The smallest absolute Gasteiger partial charge is 0.0704 e. The Morgan fingerprint density at radius 1 is 0.875 bits per heavy atom. The van der Waals surface area contributed by atoms with Crippen LogP contribution in [0.15, 0.2) is 0 Å². The normalized spacial score (nSPS) is 13.3. The molecule has 0 aliphatic heterocycles. The minimum atomic E-state index is 0.432. The summed E-state index contributed by atoms with van der Waals surface area (Å²) in [5.74, 6) is 0.720. The number of rotatable bonds is 11. The van der Waals surface area contributed by atoms with Crippen LogP contribution in [-0.4, -0.2) is 25.9 Å². The third-order valence-corrected chi connectivity index (χ3v) is 3.16. The van der Waals surface area contributed by atoms with E-state index >= 15 is 0 Å². The molecule has 0 bridgehead atoms. The van der Waals surface area contributed by atoms with Crippen molar-refractivity contribution >= 4 is 0 Å². The summed E-state index contributed by atoms with van der Waals surface area (Å²) in [5, 5.41) is 0. The van der Waals surface area contributed by atoms with Crippen molar-refractivity contribution in [1.29, 1.82) is 0 Å². The van der Waals surface area contributed by atoms with Gasteiger partial charge < -0.3 is 9.47 Å². The van der Waals surface area contributed by atoms with Gasteiger partial charge in [0.1, 0.15) is 0 Å². The molecule has 0 aromatic rings. The lowest BCUT2D eigenvalue weighted by atomic mass is 10.1. The summed E-state index contributed by atoms with van der Waals surface area (Å²) in [4.78, 5) is 0. The summed E-state index contributed by atoms with van der Waals surface area (Å²) in [5.41, 5.74) is 0. The fraction of sp³-hybridized carbons (Fsp3) is 1.00. The molecule has 98 valence electrons. The van der Waals surface area contributed by atoms with Crippen molar-refractivity contribution in [2.75, 3.05) is 19.8 Å². The predicted molar refractivity (Wildman–Crippen MR) is 69.8 cm³/mol. The Bertz CT molecular complexity index is 133. The second-order valence-electron chi connectivity index (χ2n) is 4.45. The van der Waals surface area contributed by atoms with Crippen molar-refractivity contribution in [3.63, 3.8) is 0 Å². The predicted octanol–water partition coefficient (Wildman–Crippen LogP) is 4.03. The van der Waals surface area contributed by atoms with Crippen LogP contribution in [0.1, 0.15) is 59.8 Å². The average Bonchev–Trinajstić information content (AvgIpc) is 2.32. The van der Waals surface area contributed by atoms with Crippen LogP contribution < -0.4 is 0 Å². The van der Waals surface area contributed by atoms with Crippen LogP contribution in [-0.2, 0) is 9.47 Å². The highest BCUT2D eigenvalue weighted by molar-refractivity contribution is 4.54. The molecule has 0 aromatic heterocycles. The van der Waals surface area contributed by atoms with Crippen LogP contribution >= 0.6 is 0 Å². The molecule has 0 amide bonds. The maximum absolute atomic E-state index is 5.76. The molecule has 0 saturated carbocycles. The molecule has 0 aliphatic rings. The van der Waals surface area contributed by atoms with E-state index < -0.39 is 0 Å². The molecule has 0 aliphatic carbocycles. The summed E-state index contributed by atoms with van der Waals surface area (Å²) < 4.78 is 11.4. The lowest BCUT2D eigenvalue weighted by molar-refractivity contribution is -0.00804. The summed E-state index contributed by atoms with van der Waals surface area (Å²) in [7, 11) is 0. The first kappa shape index (κ1) is 15.9. The fourth-order valence-corrected chi connectivity index (χ4v) is 1.78. The van der Waals surface area contributed by atoms with Gasteiger partial charge in [0.15, 0.2) is 0 Å². The highest BCUT2D eigenvalue weighted by Crippen LogP contribution is 2.08. The first-order chi connectivity index (χ1) is 7.78. The van der Waals surface area contributed by atoms with Gasteiger partial charge in [-0.15, -0.1) is 0 Å².